The number of nitrogens with zero attached hydrogens (tertiary/aromatic N) is 2. The van der Waals surface area contributed by atoms with Gasteiger partial charge in [0.25, 0.3) is 5.91 Å². The second-order valence-corrected chi connectivity index (χ2v) is 5.52. The summed E-state index contributed by atoms with van der Waals surface area (Å²) in [4.78, 5) is 11.9. The molecule has 1 amide bonds. The maximum absolute atomic E-state index is 11.9. The molecule has 0 fully saturated rings. The molecule has 0 atom stereocenters. The average Bonchev–Trinajstić information content (AvgIpc) is 2.84. The standard InChI is InChI=1S/C15H18ClN3O2/c1-11(2)9-19-14(7-8-17-19)18-15(20)10-21-13-5-3-12(16)4-6-13/h3-8,11H,9-10H2,1-2H3,(H,18,20). The Labute approximate surface area is 128 Å². The maximum atomic E-state index is 11.9. The maximum Gasteiger partial charge on any atom is 0.263 e. The number of carbonyl (C=O) groups excluding carboxylic acids is 1. The van der Waals surface area contributed by atoms with Gasteiger partial charge in [-0.1, -0.05) is 25.4 Å². The minimum absolute atomic E-state index is 0.0610. The van der Waals surface area contributed by atoms with E-state index in [9.17, 15) is 4.79 Å². The fourth-order valence-corrected chi connectivity index (χ4v) is 1.91. The third-order valence-electron chi connectivity index (χ3n) is 2.71. The van der Waals surface area contributed by atoms with E-state index in [0.29, 0.717) is 22.5 Å². The third-order valence-corrected chi connectivity index (χ3v) is 2.96. The molecule has 1 heterocycles. The van der Waals surface area contributed by atoms with Crippen LogP contribution >= 0.6 is 11.6 Å². The summed E-state index contributed by atoms with van der Waals surface area (Å²) >= 11 is 5.78. The topological polar surface area (TPSA) is 56.2 Å². The first-order valence-corrected chi connectivity index (χ1v) is 7.12. The molecule has 2 rings (SSSR count). The van der Waals surface area contributed by atoms with Crippen molar-refractivity contribution in [1.29, 1.82) is 0 Å². The highest BCUT2D eigenvalue weighted by Crippen LogP contribution is 2.15. The Morgan fingerprint density at radius 1 is 1.33 bits per heavy atom. The number of anilines is 1. The number of rotatable bonds is 6. The summed E-state index contributed by atoms with van der Waals surface area (Å²) in [6.45, 7) is 4.88. The molecule has 21 heavy (non-hydrogen) atoms. The number of nitrogens with one attached hydrogen (secondary N) is 1. The van der Waals surface area contributed by atoms with E-state index in [0.717, 1.165) is 6.54 Å². The van der Waals surface area contributed by atoms with Gasteiger partial charge in [0, 0.05) is 17.6 Å². The summed E-state index contributed by atoms with van der Waals surface area (Å²) in [7, 11) is 0. The zero-order valence-corrected chi connectivity index (χ0v) is 12.8. The number of carbonyl (C=O) groups is 1. The first kappa shape index (κ1) is 15.4. The Hall–Kier alpha value is -2.01. The van der Waals surface area contributed by atoms with E-state index in [-0.39, 0.29) is 12.5 Å². The van der Waals surface area contributed by atoms with Gasteiger partial charge >= 0.3 is 0 Å². The van der Waals surface area contributed by atoms with E-state index in [1.165, 1.54) is 0 Å². The zero-order chi connectivity index (χ0) is 15.2. The fraction of sp³-hybridized carbons (Fsp3) is 0.333. The average molecular weight is 308 g/mol. The van der Waals surface area contributed by atoms with Gasteiger partial charge in [-0.15, -0.1) is 0 Å². The second kappa shape index (κ2) is 7.13. The lowest BCUT2D eigenvalue weighted by atomic mass is 10.2. The van der Waals surface area contributed by atoms with Crippen molar-refractivity contribution in [2.75, 3.05) is 11.9 Å². The second-order valence-electron chi connectivity index (χ2n) is 5.08. The number of hydrogen-bond donors (Lipinski definition) is 1. The van der Waals surface area contributed by atoms with Crippen LogP contribution in [0.5, 0.6) is 5.75 Å². The van der Waals surface area contributed by atoms with E-state index >= 15 is 0 Å². The molecular weight excluding hydrogens is 290 g/mol. The molecule has 0 aliphatic carbocycles. The molecule has 5 nitrogen and oxygen atoms in total. The van der Waals surface area contributed by atoms with E-state index in [1.54, 1.807) is 41.2 Å². The largest absolute Gasteiger partial charge is 0.484 e. The van der Waals surface area contributed by atoms with Crippen molar-refractivity contribution in [3.05, 3.63) is 41.6 Å². The van der Waals surface area contributed by atoms with Gasteiger partial charge in [0.05, 0.1) is 6.20 Å². The van der Waals surface area contributed by atoms with Gasteiger partial charge in [0.15, 0.2) is 6.61 Å². The van der Waals surface area contributed by atoms with Gasteiger partial charge in [-0.3, -0.25) is 4.79 Å². The summed E-state index contributed by atoms with van der Waals surface area (Å²) in [6, 6.07) is 8.64. The summed E-state index contributed by atoms with van der Waals surface area (Å²) in [6.07, 6.45) is 1.66. The van der Waals surface area contributed by atoms with Crippen molar-refractivity contribution < 1.29 is 9.53 Å². The highest BCUT2D eigenvalue weighted by Gasteiger charge is 2.09. The normalized spacial score (nSPS) is 10.7. The van der Waals surface area contributed by atoms with Crippen LogP contribution in [0, 0.1) is 5.92 Å². The minimum atomic E-state index is -0.226. The molecule has 0 saturated heterocycles. The lowest BCUT2D eigenvalue weighted by Crippen LogP contribution is -2.22. The molecule has 6 heteroatoms. The SMILES string of the molecule is CC(C)Cn1nccc1NC(=O)COc1ccc(Cl)cc1. The van der Waals surface area contributed by atoms with Crippen molar-refractivity contribution in [1.82, 2.24) is 9.78 Å². The summed E-state index contributed by atoms with van der Waals surface area (Å²) in [5.41, 5.74) is 0. The van der Waals surface area contributed by atoms with Crippen LogP contribution in [0.3, 0.4) is 0 Å². The Balaban J connectivity index is 1.87. The lowest BCUT2D eigenvalue weighted by Gasteiger charge is -2.11. The molecule has 2 aromatic rings. The monoisotopic (exact) mass is 307 g/mol. The zero-order valence-electron chi connectivity index (χ0n) is 12.0. The van der Waals surface area contributed by atoms with Crippen molar-refractivity contribution >= 4 is 23.3 Å². The predicted molar refractivity (Wildman–Crippen MR) is 82.6 cm³/mol. The molecule has 1 aromatic heterocycles. The lowest BCUT2D eigenvalue weighted by molar-refractivity contribution is -0.118. The van der Waals surface area contributed by atoms with Crippen molar-refractivity contribution in [2.45, 2.75) is 20.4 Å². The molecule has 1 N–H and O–H groups in total. The molecule has 0 radical (unpaired) electrons. The smallest absolute Gasteiger partial charge is 0.263 e. The Kier molecular flexibility index (Phi) is 5.22. The summed E-state index contributed by atoms with van der Waals surface area (Å²) < 4.78 is 7.16. The van der Waals surface area contributed by atoms with E-state index in [4.69, 9.17) is 16.3 Å². The quantitative estimate of drug-likeness (QED) is 0.891. The first-order chi connectivity index (χ1) is 10.0. The minimum Gasteiger partial charge on any atom is -0.484 e. The molecular formula is C15H18ClN3O2. The molecule has 0 saturated carbocycles. The van der Waals surface area contributed by atoms with Gasteiger partial charge in [-0.25, -0.2) is 4.68 Å². The molecule has 0 aliphatic rings. The molecule has 1 aromatic carbocycles. The highest BCUT2D eigenvalue weighted by atomic mass is 35.5. The van der Waals surface area contributed by atoms with Gasteiger partial charge in [0.1, 0.15) is 11.6 Å². The van der Waals surface area contributed by atoms with Crippen LogP contribution in [0.1, 0.15) is 13.8 Å². The van der Waals surface area contributed by atoms with Crippen molar-refractivity contribution in [3.8, 4) is 5.75 Å². The number of benzene rings is 1. The number of aromatic nitrogens is 2. The van der Waals surface area contributed by atoms with E-state index in [2.05, 4.69) is 24.3 Å². The molecule has 0 spiro atoms. The van der Waals surface area contributed by atoms with Crippen LogP contribution < -0.4 is 10.1 Å². The summed E-state index contributed by atoms with van der Waals surface area (Å²) in [5.74, 6) is 1.50. The molecule has 112 valence electrons. The van der Waals surface area contributed by atoms with Crippen LogP contribution in [0.25, 0.3) is 0 Å². The van der Waals surface area contributed by atoms with Crippen LogP contribution in [-0.4, -0.2) is 22.3 Å². The van der Waals surface area contributed by atoms with Gasteiger partial charge in [-0.05, 0) is 30.2 Å². The van der Waals surface area contributed by atoms with Crippen LogP contribution in [0.2, 0.25) is 5.02 Å². The molecule has 0 unspecified atom stereocenters. The Morgan fingerprint density at radius 2 is 2.05 bits per heavy atom. The summed E-state index contributed by atoms with van der Waals surface area (Å²) in [5, 5.41) is 7.60. The highest BCUT2D eigenvalue weighted by molar-refractivity contribution is 6.30. The van der Waals surface area contributed by atoms with Crippen LogP contribution in [-0.2, 0) is 11.3 Å². The fourth-order valence-electron chi connectivity index (χ4n) is 1.79. The molecule has 0 bridgehead atoms. The number of amides is 1. The van der Waals surface area contributed by atoms with E-state index < -0.39 is 0 Å². The van der Waals surface area contributed by atoms with Gasteiger partial charge in [0.2, 0.25) is 0 Å². The van der Waals surface area contributed by atoms with E-state index in [1.807, 2.05) is 0 Å². The number of hydrogen-bond acceptors (Lipinski definition) is 3. The van der Waals surface area contributed by atoms with Gasteiger partial charge in [-0.2, -0.15) is 5.10 Å². The number of halogens is 1. The Bertz CT molecular complexity index is 593. The van der Waals surface area contributed by atoms with Crippen LogP contribution in [0.4, 0.5) is 5.82 Å². The predicted octanol–water partition coefficient (Wildman–Crippen LogP) is 3.21. The third kappa shape index (κ3) is 4.79. The first-order valence-electron chi connectivity index (χ1n) is 6.74. The Morgan fingerprint density at radius 3 is 2.71 bits per heavy atom. The number of ether oxygens (including phenoxy) is 1. The van der Waals surface area contributed by atoms with Crippen molar-refractivity contribution in [2.24, 2.45) is 5.92 Å². The van der Waals surface area contributed by atoms with Gasteiger partial charge < -0.3 is 10.1 Å². The van der Waals surface area contributed by atoms with Crippen molar-refractivity contribution in [3.63, 3.8) is 0 Å². The molecule has 0 aliphatic heterocycles. The van der Waals surface area contributed by atoms with Crippen LogP contribution in [0.15, 0.2) is 36.5 Å².